The Bertz CT molecular complexity index is 540. The van der Waals surface area contributed by atoms with Crippen molar-refractivity contribution in [2.75, 3.05) is 14.1 Å². The van der Waals surface area contributed by atoms with Gasteiger partial charge in [0.25, 0.3) is 0 Å². The highest BCUT2D eigenvalue weighted by Crippen LogP contribution is 2.15. The quantitative estimate of drug-likeness (QED) is 0.627. The van der Waals surface area contributed by atoms with E-state index >= 15 is 0 Å². The summed E-state index contributed by atoms with van der Waals surface area (Å²) < 4.78 is 0. The van der Waals surface area contributed by atoms with Crippen LogP contribution in [0.5, 0.6) is 0 Å². The van der Waals surface area contributed by atoms with Crippen molar-refractivity contribution in [1.29, 1.82) is 0 Å². The smallest absolute Gasteiger partial charge is 0.188 e. The number of hydrogen-bond acceptors (Lipinski definition) is 3. The normalized spacial score (nSPS) is 11.1. The molecule has 0 fully saturated rings. The number of rotatable bonds is 3. The maximum atomic E-state index is 11.9. The van der Waals surface area contributed by atoms with E-state index in [1.165, 1.54) is 0 Å². The Hall–Kier alpha value is -2.10. The molecule has 2 aromatic heterocycles. The van der Waals surface area contributed by atoms with E-state index in [0.717, 1.165) is 11.0 Å². The topological polar surface area (TPSA) is 49.0 Å². The van der Waals surface area contributed by atoms with E-state index in [1.807, 2.05) is 25.1 Å². The van der Waals surface area contributed by atoms with Gasteiger partial charge in [0.2, 0.25) is 0 Å². The summed E-state index contributed by atoms with van der Waals surface area (Å²) in [6.45, 7) is 0. The first-order chi connectivity index (χ1) is 7.68. The number of carbonyl (C=O) groups excluding carboxylic acids is 1. The van der Waals surface area contributed by atoms with Crippen LogP contribution in [0.1, 0.15) is 10.4 Å². The second-order valence-corrected chi connectivity index (χ2v) is 3.74. The molecule has 2 aromatic rings. The second kappa shape index (κ2) is 4.18. The first-order valence-electron chi connectivity index (χ1n) is 4.99. The van der Waals surface area contributed by atoms with Gasteiger partial charge < -0.3 is 9.88 Å². The zero-order valence-corrected chi connectivity index (χ0v) is 9.27. The fourth-order valence-electron chi connectivity index (χ4n) is 1.48. The monoisotopic (exact) mass is 215 g/mol. The van der Waals surface area contributed by atoms with Crippen molar-refractivity contribution in [3.63, 3.8) is 0 Å². The lowest BCUT2D eigenvalue weighted by atomic mass is 10.1. The van der Waals surface area contributed by atoms with E-state index in [4.69, 9.17) is 0 Å². The third-order valence-corrected chi connectivity index (χ3v) is 2.25. The molecule has 0 saturated carbocycles. The molecule has 0 aliphatic rings. The van der Waals surface area contributed by atoms with Gasteiger partial charge in [0, 0.05) is 49.7 Å². The van der Waals surface area contributed by atoms with E-state index in [-0.39, 0.29) is 5.78 Å². The SMILES string of the molecule is CN(C)/C=C\C(=O)c1ccnc2[nH]ccc12. The Labute approximate surface area is 93.6 Å². The Morgan fingerprint density at radius 3 is 3.00 bits per heavy atom. The average molecular weight is 215 g/mol. The molecule has 4 heteroatoms. The molecule has 16 heavy (non-hydrogen) atoms. The Balaban J connectivity index is 2.40. The predicted molar refractivity (Wildman–Crippen MR) is 63.3 cm³/mol. The van der Waals surface area contributed by atoms with E-state index in [1.54, 1.807) is 30.7 Å². The molecular formula is C12H13N3O. The minimum Gasteiger partial charge on any atom is -0.383 e. The van der Waals surface area contributed by atoms with Crippen molar-refractivity contribution < 1.29 is 4.79 Å². The van der Waals surface area contributed by atoms with Crippen molar-refractivity contribution in [3.05, 3.63) is 42.4 Å². The number of H-pyrrole nitrogens is 1. The molecule has 0 saturated heterocycles. The molecule has 82 valence electrons. The van der Waals surface area contributed by atoms with Crippen LogP contribution >= 0.6 is 0 Å². The molecule has 0 radical (unpaired) electrons. The van der Waals surface area contributed by atoms with Crippen molar-refractivity contribution >= 4 is 16.8 Å². The molecule has 1 N–H and O–H groups in total. The van der Waals surface area contributed by atoms with Crippen molar-refractivity contribution in [2.45, 2.75) is 0 Å². The Morgan fingerprint density at radius 1 is 1.44 bits per heavy atom. The number of hydrogen-bond donors (Lipinski definition) is 1. The number of aromatic nitrogens is 2. The maximum Gasteiger partial charge on any atom is 0.188 e. The van der Waals surface area contributed by atoms with Crippen LogP contribution in [-0.4, -0.2) is 34.7 Å². The number of carbonyl (C=O) groups is 1. The summed E-state index contributed by atoms with van der Waals surface area (Å²) in [4.78, 5) is 20.9. The van der Waals surface area contributed by atoms with E-state index in [9.17, 15) is 4.79 Å². The van der Waals surface area contributed by atoms with Crippen LogP contribution < -0.4 is 0 Å². The number of pyridine rings is 1. The number of nitrogens with one attached hydrogen (secondary N) is 1. The number of allylic oxidation sites excluding steroid dienone is 1. The fraction of sp³-hybridized carbons (Fsp3) is 0.167. The van der Waals surface area contributed by atoms with Gasteiger partial charge in [-0.3, -0.25) is 4.79 Å². The van der Waals surface area contributed by atoms with Gasteiger partial charge in [0.1, 0.15) is 5.65 Å². The first-order valence-corrected chi connectivity index (χ1v) is 4.99. The molecule has 0 bridgehead atoms. The van der Waals surface area contributed by atoms with Crippen LogP contribution in [0.2, 0.25) is 0 Å². The lowest BCUT2D eigenvalue weighted by Crippen LogP contribution is -2.03. The molecule has 0 aromatic carbocycles. The van der Waals surface area contributed by atoms with Crippen LogP contribution in [0.4, 0.5) is 0 Å². The fourth-order valence-corrected chi connectivity index (χ4v) is 1.48. The minimum absolute atomic E-state index is 0.0132. The van der Waals surface area contributed by atoms with E-state index in [2.05, 4.69) is 9.97 Å². The third kappa shape index (κ3) is 1.95. The second-order valence-electron chi connectivity index (χ2n) is 3.74. The first kappa shape index (κ1) is 10.4. The highest BCUT2D eigenvalue weighted by atomic mass is 16.1. The summed E-state index contributed by atoms with van der Waals surface area (Å²) >= 11 is 0. The number of nitrogens with zero attached hydrogens (tertiary/aromatic N) is 2. The Kier molecular flexibility index (Phi) is 2.72. The number of fused-ring (bicyclic) bond motifs is 1. The summed E-state index contributed by atoms with van der Waals surface area (Å²) in [6, 6.07) is 3.59. The van der Waals surface area contributed by atoms with E-state index < -0.39 is 0 Å². The molecule has 0 amide bonds. The van der Waals surface area contributed by atoms with Gasteiger partial charge in [-0.1, -0.05) is 0 Å². The van der Waals surface area contributed by atoms with Crippen LogP contribution in [0.3, 0.4) is 0 Å². The van der Waals surface area contributed by atoms with Gasteiger partial charge in [0.05, 0.1) is 0 Å². The highest BCUT2D eigenvalue weighted by molar-refractivity contribution is 6.12. The number of aromatic amines is 1. The summed E-state index contributed by atoms with van der Waals surface area (Å²) in [6.07, 6.45) is 6.71. The summed E-state index contributed by atoms with van der Waals surface area (Å²) in [5, 5.41) is 0.857. The van der Waals surface area contributed by atoms with Crippen molar-refractivity contribution in [2.24, 2.45) is 0 Å². The summed E-state index contributed by atoms with van der Waals surface area (Å²) in [7, 11) is 3.75. The zero-order valence-electron chi connectivity index (χ0n) is 9.27. The van der Waals surface area contributed by atoms with Crippen LogP contribution in [0, 0.1) is 0 Å². The molecular weight excluding hydrogens is 202 g/mol. The van der Waals surface area contributed by atoms with Crippen LogP contribution in [0.15, 0.2) is 36.8 Å². The standard InChI is InChI=1S/C12H13N3O/c1-15(2)8-5-11(16)9-3-6-13-12-10(9)4-7-14-12/h3-8H,1-2H3,(H,13,14)/b8-5-. The molecule has 0 aliphatic carbocycles. The van der Waals surface area contributed by atoms with Gasteiger partial charge in [-0.25, -0.2) is 4.98 Å². The molecule has 0 unspecified atom stereocenters. The van der Waals surface area contributed by atoms with Gasteiger partial charge in [0.15, 0.2) is 5.78 Å². The van der Waals surface area contributed by atoms with Gasteiger partial charge >= 0.3 is 0 Å². The average Bonchev–Trinajstić information content (AvgIpc) is 2.73. The summed E-state index contributed by atoms with van der Waals surface area (Å²) in [5.74, 6) is -0.0132. The highest BCUT2D eigenvalue weighted by Gasteiger charge is 2.07. The van der Waals surface area contributed by atoms with Gasteiger partial charge in [-0.2, -0.15) is 0 Å². The van der Waals surface area contributed by atoms with E-state index in [0.29, 0.717) is 5.56 Å². The molecule has 0 spiro atoms. The molecule has 4 nitrogen and oxygen atoms in total. The molecule has 0 atom stereocenters. The minimum atomic E-state index is -0.0132. The maximum absolute atomic E-state index is 11.9. The predicted octanol–water partition coefficient (Wildman–Crippen LogP) is 1.82. The molecule has 2 heterocycles. The lowest BCUT2D eigenvalue weighted by Gasteiger charge is -2.03. The number of ketones is 1. The zero-order chi connectivity index (χ0) is 11.5. The van der Waals surface area contributed by atoms with Crippen LogP contribution in [0.25, 0.3) is 11.0 Å². The molecule has 2 rings (SSSR count). The summed E-state index contributed by atoms with van der Waals surface area (Å²) in [5.41, 5.74) is 1.41. The largest absolute Gasteiger partial charge is 0.383 e. The van der Waals surface area contributed by atoms with Crippen molar-refractivity contribution in [1.82, 2.24) is 14.9 Å². The Morgan fingerprint density at radius 2 is 2.25 bits per heavy atom. The third-order valence-electron chi connectivity index (χ3n) is 2.25. The molecule has 0 aliphatic heterocycles. The van der Waals surface area contributed by atoms with Gasteiger partial charge in [-0.05, 0) is 12.1 Å². The van der Waals surface area contributed by atoms with Gasteiger partial charge in [-0.15, -0.1) is 0 Å². The lowest BCUT2D eigenvalue weighted by molar-refractivity contribution is 0.104. The van der Waals surface area contributed by atoms with Crippen LogP contribution in [-0.2, 0) is 0 Å². The van der Waals surface area contributed by atoms with Crippen molar-refractivity contribution in [3.8, 4) is 0 Å².